The number of methoxy groups -OCH3 is 1. The Hall–Kier alpha value is -2.63. The lowest BCUT2D eigenvalue weighted by Gasteiger charge is -2.03. The first-order valence-corrected chi connectivity index (χ1v) is 7.63. The molecule has 0 radical (unpaired) electrons. The fraction of sp³-hybridized carbons (Fsp3) is 0.158. The summed E-state index contributed by atoms with van der Waals surface area (Å²) in [4.78, 5) is 15.5. The normalized spacial score (nSPS) is 10.1. The first-order chi connectivity index (χ1) is 11.8. The number of esters is 1. The maximum absolute atomic E-state index is 11.4. The standard InChI is InChI=1S/C19H18N2O3.ClH/c1-23-19(22)16-6-4-15(5-7-16)18-9-8-17(24-18)13-21-12-14-3-2-10-20-11-14;/h2-11,21H,12-13H2,1H3;1H/p-1. The van der Waals surface area contributed by atoms with Crippen molar-refractivity contribution >= 4 is 5.97 Å². The molecule has 3 rings (SSSR count). The van der Waals surface area contributed by atoms with E-state index in [2.05, 4.69) is 10.3 Å². The summed E-state index contributed by atoms with van der Waals surface area (Å²) < 4.78 is 10.5. The summed E-state index contributed by atoms with van der Waals surface area (Å²) in [5, 5.41) is 3.32. The predicted octanol–water partition coefficient (Wildman–Crippen LogP) is 0.422. The van der Waals surface area contributed by atoms with Crippen LogP contribution >= 0.6 is 0 Å². The van der Waals surface area contributed by atoms with E-state index in [1.54, 1.807) is 18.3 Å². The summed E-state index contributed by atoms with van der Waals surface area (Å²) in [5.74, 6) is 1.27. The monoisotopic (exact) mass is 357 g/mol. The molecule has 2 heterocycles. The van der Waals surface area contributed by atoms with Gasteiger partial charge >= 0.3 is 5.97 Å². The number of nitrogens with one attached hydrogen (secondary N) is 1. The van der Waals surface area contributed by atoms with Crippen molar-refractivity contribution < 1.29 is 26.4 Å². The van der Waals surface area contributed by atoms with Gasteiger partial charge in [0.15, 0.2) is 0 Å². The number of nitrogens with zero attached hydrogens (tertiary/aromatic N) is 1. The van der Waals surface area contributed by atoms with Gasteiger partial charge in [-0.15, -0.1) is 0 Å². The molecule has 6 heteroatoms. The molecule has 0 spiro atoms. The predicted molar refractivity (Wildman–Crippen MR) is 90.3 cm³/mol. The first-order valence-electron chi connectivity index (χ1n) is 7.63. The maximum Gasteiger partial charge on any atom is 0.337 e. The van der Waals surface area contributed by atoms with E-state index in [4.69, 9.17) is 9.15 Å². The molecule has 2 aromatic heterocycles. The molecular formula is C19H18ClN2O3-. The van der Waals surface area contributed by atoms with Crippen LogP contribution in [0.15, 0.2) is 65.3 Å². The zero-order valence-corrected chi connectivity index (χ0v) is 14.5. The fourth-order valence-electron chi connectivity index (χ4n) is 2.35. The zero-order chi connectivity index (χ0) is 16.8. The molecule has 0 aliphatic carbocycles. The van der Waals surface area contributed by atoms with Crippen LogP contribution in [-0.2, 0) is 17.8 Å². The lowest BCUT2D eigenvalue weighted by molar-refractivity contribution is -0.0000200. The van der Waals surface area contributed by atoms with Gasteiger partial charge in [-0.1, -0.05) is 18.2 Å². The highest BCUT2D eigenvalue weighted by atomic mass is 35.5. The molecule has 0 atom stereocenters. The van der Waals surface area contributed by atoms with Gasteiger partial charge in [0, 0.05) is 24.5 Å². The van der Waals surface area contributed by atoms with Gasteiger partial charge in [0.25, 0.3) is 0 Å². The van der Waals surface area contributed by atoms with Crippen LogP contribution in [0.3, 0.4) is 0 Å². The Kier molecular flexibility index (Phi) is 6.74. The van der Waals surface area contributed by atoms with Gasteiger partial charge in [0.2, 0.25) is 0 Å². The second-order valence-corrected chi connectivity index (χ2v) is 5.30. The minimum atomic E-state index is -0.346. The number of aromatic nitrogens is 1. The van der Waals surface area contributed by atoms with Gasteiger partial charge in [0.05, 0.1) is 19.2 Å². The Morgan fingerprint density at radius 3 is 2.60 bits per heavy atom. The van der Waals surface area contributed by atoms with E-state index < -0.39 is 0 Å². The molecule has 0 saturated carbocycles. The Labute approximate surface area is 152 Å². The highest BCUT2D eigenvalue weighted by Crippen LogP contribution is 2.22. The topological polar surface area (TPSA) is 64.4 Å². The Morgan fingerprint density at radius 2 is 1.92 bits per heavy atom. The molecule has 0 saturated heterocycles. The van der Waals surface area contributed by atoms with Gasteiger partial charge in [0.1, 0.15) is 11.5 Å². The lowest BCUT2D eigenvalue weighted by Crippen LogP contribution is -3.00. The van der Waals surface area contributed by atoms with Crippen LogP contribution in [0.1, 0.15) is 21.7 Å². The number of rotatable bonds is 6. The van der Waals surface area contributed by atoms with E-state index in [-0.39, 0.29) is 18.4 Å². The molecule has 130 valence electrons. The van der Waals surface area contributed by atoms with Gasteiger partial charge < -0.3 is 26.9 Å². The summed E-state index contributed by atoms with van der Waals surface area (Å²) in [6, 6.07) is 15.0. The van der Waals surface area contributed by atoms with Crippen LogP contribution in [-0.4, -0.2) is 18.1 Å². The van der Waals surface area contributed by atoms with Crippen molar-refractivity contribution in [3.63, 3.8) is 0 Å². The van der Waals surface area contributed by atoms with Crippen LogP contribution in [0, 0.1) is 0 Å². The molecule has 5 nitrogen and oxygen atoms in total. The minimum Gasteiger partial charge on any atom is -1.00 e. The van der Waals surface area contributed by atoms with Crippen molar-refractivity contribution in [1.29, 1.82) is 0 Å². The number of carbonyl (C=O) groups excluding carboxylic acids is 1. The maximum atomic E-state index is 11.4. The summed E-state index contributed by atoms with van der Waals surface area (Å²) in [7, 11) is 1.37. The number of halogens is 1. The Morgan fingerprint density at radius 1 is 1.12 bits per heavy atom. The third-order valence-corrected chi connectivity index (χ3v) is 3.60. The molecule has 0 aliphatic rings. The molecule has 0 amide bonds. The highest BCUT2D eigenvalue weighted by molar-refractivity contribution is 5.89. The van der Waals surface area contributed by atoms with E-state index in [0.29, 0.717) is 12.1 Å². The second kappa shape index (κ2) is 9.01. The number of hydrogen-bond donors (Lipinski definition) is 1. The molecule has 0 unspecified atom stereocenters. The number of hydrogen-bond acceptors (Lipinski definition) is 5. The third kappa shape index (κ3) is 4.92. The fourth-order valence-corrected chi connectivity index (χ4v) is 2.35. The van der Waals surface area contributed by atoms with Crippen molar-refractivity contribution in [1.82, 2.24) is 10.3 Å². The molecular weight excluding hydrogens is 340 g/mol. The third-order valence-electron chi connectivity index (χ3n) is 3.60. The van der Waals surface area contributed by atoms with Gasteiger partial charge in [-0.05, 0) is 35.9 Å². The molecule has 0 fully saturated rings. The van der Waals surface area contributed by atoms with Crippen LogP contribution in [0.5, 0.6) is 0 Å². The summed E-state index contributed by atoms with van der Waals surface area (Å²) >= 11 is 0. The minimum absolute atomic E-state index is 0. The number of carbonyl (C=O) groups is 1. The van der Waals surface area contributed by atoms with Crippen molar-refractivity contribution in [2.45, 2.75) is 13.1 Å². The summed E-state index contributed by atoms with van der Waals surface area (Å²) in [5.41, 5.74) is 2.56. The van der Waals surface area contributed by atoms with Crippen molar-refractivity contribution in [2.75, 3.05) is 7.11 Å². The molecule has 1 N–H and O–H groups in total. The van der Waals surface area contributed by atoms with Gasteiger partial charge in [-0.2, -0.15) is 0 Å². The van der Waals surface area contributed by atoms with E-state index in [1.165, 1.54) is 7.11 Å². The summed E-state index contributed by atoms with van der Waals surface area (Å²) in [6.45, 7) is 1.37. The largest absolute Gasteiger partial charge is 1.00 e. The number of ether oxygens (including phenoxy) is 1. The molecule has 1 aromatic carbocycles. The van der Waals surface area contributed by atoms with E-state index in [0.717, 1.165) is 29.2 Å². The zero-order valence-electron chi connectivity index (χ0n) is 13.7. The quantitative estimate of drug-likeness (QED) is 0.648. The number of benzene rings is 1. The lowest BCUT2D eigenvalue weighted by atomic mass is 10.1. The Balaban J connectivity index is 0.00000225. The van der Waals surface area contributed by atoms with Crippen molar-refractivity contribution in [2.24, 2.45) is 0 Å². The molecule has 0 aliphatic heterocycles. The van der Waals surface area contributed by atoms with E-state index in [9.17, 15) is 4.79 Å². The average molecular weight is 358 g/mol. The van der Waals surface area contributed by atoms with Gasteiger partial charge in [-0.3, -0.25) is 4.98 Å². The van der Waals surface area contributed by atoms with Gasteiger partial charge in [-0.25, -0.2) is 4.79 Å². The van der Waals surface area contributed by atoms with Crippen molar-refractivity contribution in [3.05, 3.63) is 77.8 Å². The Bertz CT molecular complexity index is 801. The highest BCUT2D eigenvalue weighted by Gasteiger charge is 2.08. The molecule has 0 bridgehead atoms. The number of furan rings is 1. The number of pyridine rings is 1. The summed E-state index contributed by atoms with van der Waals surface area (Å²) in [6.07, 6.45) is 3.59. The van der Waals surface area contributed by atoms with Crippen LogP contribution in [0.25, 0.3) is 11.3 Å². The SMILES string of the molecule is COC(=O)c1ccc(-c2ccc(CNCc3cccnc3)o2)cc1.[Cl-]. The van der Waals surface area contributed by atoms with E-state index >= 15 is 0 Å². The van der Waals surface area contributed by atoms with Crippen LogP contribution in [0.4, 0.5) is 0 Å². The van der Waals surface area contributed by atoms with Crippen LogP contribution in [0.2, 0.25) is 0 Å². The van der Waals surface area contributed by atoms with E-state index in [1.807, 2.05) is 42.6 Å². The average Bonchev–Trinajstić information content (AvgIpc) is 3.11. The second-order valence-electron chi connectivity index (χ2n) is 5.30. The van der Waals surface area contributed by atoms with Crippen molar-refractivity contribution in [3.8, 4) is 11.3 Å². The van der Waals surface area contributed by atoms with Crippen LogP contribution < -0.4 is 17.7 Å². The molecule has 25 heavy (non-hydrogen) atoms. The molecule has 3 aromatic rings. The smallest absolute Gasteiger partial charge is 0.337 e. The first kappa shape index (κ1) is 18.7.